The first-order chi connectivity index (χ1) is 14.2. The molecule has 0 bridgehead atoms. The third-order valence-electron chi connectivity index (χ3n) is 4.17. The third kappa shape index (κ3) is 3.21. The zero-order valence-electron chi connectivity index (χ0n) is 18.1. The Kier molecular flexibility index (Phi) is 3.59. The van der Waals surface area contributed by atoms with Crippen molar-refractivity contribution in [2.75, 3.05) is 18.2 Å². The van der Waals surface area contributed by atoms with E-state index in [9.17, 15) is 4.79 Å². The summed E-state index contributed by atoms with van der Waals surface area (Å²) in [6.45, 7) is 1.23. The van der Waals surface area contributed by atoms with Gasteiger partial charge in [-0.25, -0.2) is 9.97 Å². The van der Waals surface area contributed by atoms with Gasteiger partial charge in [0.2, 0.25) is 5.91 Å². The van der Waals surface area contributed by atoms with Gasteiger partial charge >= 0.3 is 0 Å². The normalized spacial score (nSPS) is 17.9. The number of hydrogen-bond acceptors (Lipinski definition) is 6. The molecule has 7 nitrogen and oxygen atoms in total. The fraction of sp³-hybridized carbons (Fsp3) is 0.316. The number of nitrogens with one attached hydrogen (secondary N) is 1. The van der Waals surface area contributed by atoms with Crippen LogP contribution in [0.4, 0.5) is 5.82 Å². The molecule has 0 radical (unpaired) electrons. The highest BCUT2D eigenvalue weighted by Crippen LogP contribution is 2.44. The van der Waals surface area contributed by atoms with E-state index in [1.807, 2.05) is 19.2 Å². The molecule has 8 heteroatoms. The topological polar surface area (TPSA) is 78.3 Å². The second kappa shape index (κ2) is 6.77. The smallest absolute Gasteiger partial charge is 0.222 e. The maximum atomic E-state index is 11.5. The number of aryl methyl sites for hydroxylation is 1. The molecule has 140 valence electrons. The average molecular weight is 387 g/mol. The Morgan fingerprint density at radius 3 is 3.07 bits per heavy atom. The molecule has 1 N–H and O–H groups in total. The van der Waals surface area contributed by atoms with Gasteiger partial charge in [0, 0.05) is 41.2 Å². The second-order valence-electron chi connectivity index (χ2n) is 6.26. The molecule has 3 aromatic heterocycles. The molecule has 1 aliphatic heterocycles. The lowest BCUT2D eigenvalue weighted by Gasteiger charge is -2.25. The van der Waals surface area contributed by atoms with E-state index in [-0.39, 0.29) is 12.0 Å². The molecule has 1 atom stereocenters. The van der Waals surface area contributed by atoms with E-state index in [1.165, 1.54) is 35.6 Å². The number of anilines is 1. The number of thioether (sulfide) groups is 1. The number of carbonyl (C=O) groups is 1. The minimum atomic E-state index is -2.42. The van der Waals surface area contributed by atoms with Gasteiger partial charge in [-0.3, -0.25) is 4.79 Å². The van der Waals surface area contributed by atoms with Crippen molar-refractivity contribution >= 4 is 34.4 Å². The number of carbonyl (C=O) groups excluding carboxylic acids is 1. The van der Waals surface area contributed by atoms with Crippen molar-refractivity contribution in [3.63, 3.8) is 0 Å². The van der Waals surface area contributed by atoms with E-state index in [1.54, 1.807) is 6.07 Å². The van der Waals surface area contributed by atoms with Gasteiger partial charge in [-0.2, -0.15) is 0 Å². The highest BCUT2D eigenvalue weighted by molar-refractivity contribution is 7.98. The van der Waals surface area contributed by atoms with E-state index in [0.717, 1.165) is 0 Å². The lowest BCUT2D eigenvalue weighted by Crippen LogP contribution is -2.26. The minimum absolute atomic E-state index is 0.109. The summed E-state index contributed by atoms with van der Waals surface area (Å²) in [5, 5.41) is 3.93. The number of aromatic nitrogens is 3. The summed E-state index contributed by atoms with van der Waals surface area (Å²) in [6.07, 6.45) is 4.74. The van der Waals surface area contributed by atoms with Gasteiger partial charge in [0.15, 0.2) is 11.5 Å². The van der Waals surface area contributed by atoms with Crippen molar-refractivity contribution < 1.29 is 18.4 Å². The van der Waals surface area contributed by atoms with Crippen LogP contribution in [0.15, 0.2) is 29.6 Å². The summed E-state index contributed by atoms with van der Waals surface area (Å²) in [5.74, 6) is 1.08. The van der Waals surface area contributed by atoms with Crippen molar-refractivity contribution in [2.24, 2.45) is 6.98 Å². The number of hydrogen-bond donors (Lipinski definition) is 1. The van der Waals surface area contributed by atoms with E-state index >= 15 is 0 Å². The van der Waals surface area contributed by atoms with Gasteiger partial charge in [-0.05, 0) is 19.2 Å². The van der Waals surface area contributed by atoms with E-state index in [2.05, 4.69) is 15.3 Å². The lowest BCUT2D eigenvalue weighted by atomic mass is 10.1. The van der Waals surface area contributed by atoms with Crippen LogP contribution in [0.25, 0.3) is 22.2 Å². The third-order valence-corrected chi connectivity index (χ3v) is 4.79. The SMILES string of the molecule is [2H]C([2H])([2H])n1cc(-c2nc(SC)cc3c2OC[C@@H](C)O3)c2cc(NC(C)=O)ncc21. The molecule has 3 aromatic rings. The fourth-order valence-electron chi connectivity index (χ4n) is 3.01. The van der Waals surface area contributed by atoms with Crippen molar-refractivity contribution in [3.05, 3.63) is 24.5 Å². The summed E-state index contributed by atoms with van der Waals surface area (Å²) in [4.78, 5) is 20.3. The summed E-state index contributed by atoms with van der Waals surface area (Å²) in [6, 6.07) is 3.45. The number of ether oxygens (including phenoxy) is 2. The van der Waals surface area contributed by atoms with Gasteiger partial charge in [0.25, 0.3) is 0 Å². The monoisotopic (exact) mass is 387 g/mol. The van der Waals surface area contributed by atoms with E-state index in [4.69, 9.17) is 13.6 Å². The van der Waals surface area contributed by atoms with E-state index < -0.39 is 6.98 Å². The van der Waals surface area contributed by atoms with Crippen LogP contribution in [-0.4, -0.2) is 39.4 Å². The van der Waals surface area contributed by atoms with Crippen LogP contribution in [-0.2, 0) is 11.8 Å². The molecule has 0 fully saturated rings. The standard InChI is InChI=1S/C19H20N4O3S/c1-10-9-25-19-15(26-10)6-17(27-4)22-18(19)13-8-23(3)14-7-20-16(5-12(13)14)21-11(2)24/h5-8,10H,9H2,1-4H3,(H,20,21,24)/t10-/m1/s1/i3D3. The van der Waals surface area contributed by atoms with Crippen LogP contribution in [0.1, 0.15) is 18.0 Å². The molecule has 0 spiro atoms. The van der Waals surface area contributed by atoms with Crippen LogP contribution in [0.2, 0.25) is 0 Å². The van der Waals surface area contributed by atoms with Crippen LogP contribution < -0.4 is 14.8 Å². The Morgan fingerprint density at radius 1 is 1.48 bits per heavy atom. The van der Waals surface area contributed by atoms with Crippen LogP contribution in [0.5, 0.6) is 11.5 Å². The second-order valence-corrected chi connectivity index (χ2v) is 7.09. The maximum Gasteiger partial charge on any atom is 0.222 e. The highest BCUT2D eigenvalue weighted by Gasteiger charge is 2.25. The van der Waals surface area contributed by atoms with E-state index in [0.29, 0.717) is 51.1 Å². The Hall–Kier alpha value is -2.74. The first kappa shape index (κ1) is 14.3. The zero-order chi connectivity index (χ0) is 21.6. The van der Waals surface area contributed by atoms with Crippen LogP contribution in [0, 0.1) is 0 Å². The Balaban J connectivity index is 2.00. The number of amides is 1. The summed E-state index contributed by atoms with van der Waals surface area (Å²) >= 11 is 1.45. The Morgan fingerprint density at radius 2 is 2.33 bits per heavy atom. The van der Waals surface area contributed by atoms with Gasteiger partial charge in [-0.1, -0.05) is 0 Å². The summed E-state index contributed by atoms with van der Waals surface area (Å²) < 4.78 is 36.8. The predicted octanol–water partition coefficient (Wildman–Crippen LogP) is 3.48. The lowest BCUT2D eigenvalue weighted by molar-refractivity contribution is -0.114. The van der Waals surface area contributed by atoms with Crippen LogP contribution in [0.3, 0.4) is 0 Å². The van der Waals surface area contributed by atoms with Crippen molar-refractivity contribution in [1.82, 2.24) is 14.5 Å². The molecule has 27 heavy (non-hydrogen) atoms. The maximum absolute atomic E-state index is 11.5. The quantitative estimate of drug-likeness (QED) is 0.693. The van der Waals surface area contributed by atoms with Crippen molar-refractivity contribution in [3.8, 4) is 22.8 Å². The molecule has 0 aromatic carbocycles. The number of fused-ring (bicyclic) bond motifs is 2. The fourth-order valence-corrected chi connectivity index (χ4v) is 3.42. The zero-order valence-corrected chi connectivity index (χ0v) is 15.9. The Labute approximate surface area is 165 Å². The number of pyridine rings is 2. The summed E-state index contributed by atoms with van der Waals surface area (Å²) in [7, 11) is 0. The molecule has 4 rings (SSSR count). The molecular weight excluding hydrogens is 364 g/mol. The molecule has 0 saturated carbocycles. The van der Waals surface area contributed by atoms with Gasteiger partial charge in [0.05, 0.1) is 11.7 Å². The van der Waals surface area contributed by atoms with Gasteiger partial charge < -0.3 is 19.4 Å². The van der Waals surface area contributed by atoms with Crippen molar-refractivity contribution in [1.29, 1.82) is 0 Å². The van der Waals surface area contributed by atoms with Crippen molar-refractivity contribution in [2.45, 2.75) is 25.0 Å². The van der Waals surface area contributed by atoms with Crippen LogP contribution >= 0.6 is 11.8 Å². The summed E-state index contributed by atoms with van der Waals surface area (Å²) in [5.41, 5.74) is 1.44. The average Bonchev–Trinajstić information content (AvgIpc) is 3.05. The highest BCUT2D eigenvalue weighted by atomic mass is 32.2. The Bertz CT molecular complexity index is 1150. The largest absolute Gasteiger partial charge is 0.484 e. The molecular formula is C19H20N4O3S. The molecule has 0 unspecified atom stereocenters. The minimum Gasteiger partial charge on any atom is -0.484 e. The van der Waals surface area contributed by atoms with Gasteiger partial charge in [-0.15, -0.1) is 11.8 Å². The van der Waals surface area contributed by atoms with Gasteiger partial charge in [0.1, 0.15) is 29.2 Å². The molecule has 0 saturated heterocycles. The first-order valence-electron chi connectivity index (χ1n) is 9.85. The molecule has 1 amide bonds. The molecule has 0 aliphatic carbocycles. The number of nitrogens with zero attached hydrogens (tertiary/aromatic N) is 3. The predicted molar refractivity (Wildman–Crippen MR) is 106 cm³/mol. The molecule has 1 aliphatic rings. The number of rotatable bonds is 3. The first-order valence-corrected chi connectivity index (χ1v) is 9.58. The molecule has 4 heterocycles.